The van der Waals surface area contributed by atoms with Crippen LogP contribution in [0.3, 0.4) is 0 Å². The maximum Gasteiger partial charge on any atom is 0.232 e. The van der Waals surface area contributed by atoms with E-state index in [1.165, 1.54) is 0 Å². The van der Waals surface area contributed by atoms with Gasteiger partial charge in [-0.3, -0.25) is 9.69 Å². The van der Waals surface area contributed by atoms with E-state index < -0.39 is 0 Å². The average molecular weight is 434 g/mol. The maximum absolute atomic E-state index is 12.5. The van der Waals surface area contributed by atoms with Gasteiger partial charge in [-0.15, -0.1) is 11.8 Å². The zero-order valence-electron chi connectivity index (χ0n) is 18.3. The Morgan fingerprint density at radius 3 is 2.57 bits per heavy atom. The number of methoxy groups -OCH3 is 2. The first-order valence-corrected chi connectivity index (χ1v) is 11.5. The normalized spacial score (nSPS) is 14.7. The number of carbonyl (C=O) groups excluding carboxylic acids is 1. The van der Waals surface area contributed by atoms with E-state index in [1.54, 1.807) is 26.0 Å². The number of rotatable bonds is 9. The van der Waals surface area contributed by atoms with Crippen molar-refractivity contribution in [2.45, 2.75) is 26.0 Å². The standard InChI is InChI=1S/C22H31N3O4S/c1-5-8-24-9-11-25(12-10-24)21(26)15-30-14-18-16(2)29-22(23-18)17-6-7-19(27-3)20(13-17)28-4/h6-7,13H,5,8-12,14-15H2,1-4H3. The minimum atomic E-state index is 0.206. The van der Waals surface area contributed by atoms with Crippen LogP contribution in [-0.4, -0.2) is 73.4 Å². The Balaban J connectivity index is 1.54. The molecular weight excluding hydrogens is 402 g/mol. The highest BCUT2D eigenvalue weighted by molar-refractivity contribution is 7.99. The molecule has 0 aliphatic carbocycles. The van der Waals surface area contributed by atoms with E-state index in [2.05, 4.69) is 16.8 Å². The monoisotopic (exact) mass is 433 g/mol. The Morgan fingerprint density at radius 2 is 1.90 bits per heavy atom. The van der Waals surface area contributed by atoms with E-state index in [-0.39, 0.29) is 5.91 Å². The summed E-state index contributed by atoms with van der Waals surface area (Å²) >= 11 is 1.58. The molecule has 7 nitrogen and oxygen atoms in total. The van der Waals surface area contributed by atoms with Gasteiger partial charge in [-0.1, -0.05) is 6.92 Å². The van der Waals surface area contributed by atoms with Crippen LogP contribution in [0.25, 0.3) is 11.5 Å². The second-order valence-electron chi connectivity index (χ2n) is 7.31. The van der Waals surface area contributed by atoms with E-state index in [0.717, 1.165) is 56.2 Å². The van der Waals surface area contributed by atoms with Crippen molar-refractivity contribution in [3.8, 4) is 23.0 Å². The maximum atomic E-state index is 12.5. The van der Waals surface area contributed by atoms with Crippen LogP contribution in [0.15, 0.2) is 22.6 Å². The third-order valence-electron chi connectivity index (χ3n) is 5.25. The van der Waals surface area contributed by atoms with Crippen LogP contribution >= 0.6 is 11.8 Å². The number of aryl methyl sites for hydroxylation is 1. The number of hydrogen-bond donors (Lipinski definition) is 0. The van der Waals surface area contributed by atoms with Gasteiger partial charge >= 0.3 is 0 Å². The van der Waals surface area contributed by atoms with Crippen molar-refractivity contribution >= 4 is 17.7 Å². The average Bonchev–Trinajstić information content (AvgIpc) is 3.14. The van der Waals surface area contributed by atoms with Crippen LogP contribution in [0.2, 0.25) is 0 Å². The van der Waals surface area contributed by atoms with Gasteiger partial charge in [-0.05, 0) is 38.1 Å². The lowest BCUT2D eigenvalue weighted by Crippen LogP contribution is -2.49. The number of thioether (sulfide) groups is 1. The van der Waals surface area contributed by atoms with Gasteiger partial charge < -0.3 is 18.8 Å². The van der Waals surface area contributed by atoms with Gasteiger partial charge in [0, 0.05) is 37.5 Å². The minimum absolute atomic E-state index is 0.206. The van der Waals surface area contributed by atoms with Gasteiger partial charge in [0.1, 0.15) is 5.76 Å². The molecular formula is C22H31N3O4S. The zero-order chi connectivity index (χ0) is 21.5. The fourth-order valence-electron chi connectivity index (χ4n) is 3.52. The van der Waals surface area contributed by atoms with E-state index in [1.807, 2.05) is 30.0 Å². The fraction of sp³-hybridized carbons (Fsp3) is 0.545. The number of aromatic nitrogens is 1. The quantitative estimate of drug-likeness (QED) is 0.600. The number of piperazine rings is 1. The molecule has 2 aromatic rings. The van der Waals surface area contributed by atoms with Crippen molar-refractivity contribution in [2.24, 2.45) is 0 Å². The first-order valence-electron chi connectivity index (χ1n) is 10.3. The van der Waals surface area contributed by atoms with Crippen molar-refractivity contribution in [2.75, 3.05) is 52.7 Å². The molecule has 0 bridgehead atoms. The molecule has 3 rings (SSSR count). The Kier molecular flexibility index (Phi) is 8.04. The van der Waals surface area contributed by atoms with Crippen molar-refractivity contribution in [3.63, 3.8) is 0 Å². The summed E-state index contributed by atoms with van der Waals surface area (Å²) in [6, 6.07) is 5.58. The van der Waals surface area contributed by atoms with Gasteiger partial charge in [0.2, 0.25) is 11.8 Å². The SMILES string of the molecule is CCCN1CCN(C(=O)CSCc2nc(-c3ccc(OC)c(OC)c3)oc2C)CC1. The van der Waals surface area contributed by atoms with Gasteiger partial charge in [-0.2, -0.15) is 0 Å². The van der Waals surface area contributed by atoms with Gasteiger partial charge in [-0.25, -0.2) is 4.98 Å². The van der Waals surface area contributed by atoms with Crippen LogP contribution in [0.4, 0.5) is 0 Å². The lowest BCUT2D eigenvalue weighted by Gasteiger charge is -2.34. The molecule has 1 aliphatic heterocycles. The highest BCUT2D eigenvalue weighted by Gasteiger charge is 2.21. The third-order valence-corrected chi connectivity index (χ3v) is 6.18. The Hall–Kier alpha value is -2.19. The highest BCUT2D eigenvalue weighted by Crippen LogP contribution is 2.33. The number of amides is 1. The van der Waals surface area contributed by atoms with Crippen molar-refractivity contribution in [1.29, 1.82) is 0 Å². The van der Waals surface area contributed by atoms with Crippen LogP contribution in [0, 0.1) is 6.92 Å². The number of ether oxygens (including phenoxy) is 2. The van der Waals surface area contributed by atoms with Crippen LogP contribution in [-0.2, 0) is 10.5 Å². The zero-order valence-corrected chi connectivity index (χ0v) is 19.1. The Morgan fingerprint density at radius 1 is 1.17 bits per heavy atom. The number of carbonyl (C=O) groups is 1. The highest BCUT2D eigenvalue weighted by atomic mass is 32.2. The second-order valence-corrected chi connectivity index (χ2v) is 8.29. The molecule has 0 atom stereocenters. The second kappa shape index (κ2) is 10.7. The molecule has 30 heavy (non-hydrogen) atoms. The van der Waals surface area contributed by atoms with E-state index in [9.17, 15) is 4.79 Å². The lowest BCUT2D eigenvalue weighted by atomic mass is 10.2. The molecule has 164 valence electrons. The van der Waals surface area contributed by atoms with Crippen molar-refractivity contribution in [1.82, 2.24) is 14.8 Å². The van der Waals surface area contributed by atoms with Crippen molar-refractivity contribution < 1.29 is 18.7 Å². The first-order chi connectivity index (χ1) is 14.5. The van der Waals surface area contributed by atoms with E-state index >= 15 is 0 Å². The summed E-state index contributed by atoms with van der Waals surface area (Å²) in [4.78, 5) is 21.5. The van der Waals surface area contributed by atoms with Crippen molar-refractivity contribution in [3.05, 3.63) is 29.7 Å². The predicted molar refractivity (Wildman–Crippen MR) is 119 cm³/mol. The molecule has 1 aromatic carbocycles. The van der Waals surface area contributed by atoms with E-state index in [4.69, 9.17) is 13.9 Å². The van der Waals surface area contributed by atoms with Gasteiger partial charge in [0.05, 0.1) is 25.7 Å². The molecule has 1 amide bonds. The largest absolute Gasteiger partial charge is 0.493 e. The van der Waals surface area contributed by atoms with Crippen LogP contribution in [0.5, 0.6) is 11.5 Å². The molecule has 0 unspecified atom stereocenters. The molecule has 1 fully saturated rings. The lowest BCUT2D eigenvalue weighted by molar-refractivity contribution is -0.130. The summed E-state index contributed by atoms with van der Waals surface area (Å²) in [5.41, 5.74) is 1.69. The summed E-state index contributed by atoms with van der Waals surface area (Å²) in [6.45, 7) is 8.81. The summed E-state index contributed by atoms with van der Waals surface area (Å²) in [7, 11) is 3.21. The number of hydrogen-bond acceptors (Lipinski definition) is 7. The molecule has 1 aromatic heterocycles. The van der Waals surface area contributed by atoms with Gasteiger partial charge in [0.25, 0.3) is 0 Å². The number of benzene rings is 1. The Labute approximate surface area is 182 Å². The summed E-state index contributed by atoms with van der Waals surface area (Å²) < 4.78 is 16.5. The third kappa shape index (κ3) is 5.49. The summed E-state index contributed by atoms with van der Waals surface area (Å²) in [5, 5.41) is 0. The summed E-state index contributed by atoms with van der Waals surface area (Å²) in [5.74, 6) is 3.92. The fourth-order valence-corrected chi connectivity index (χ4v) is 4.44. The minimum Gasteiger partial charge on any atom is -0.493 e. The topological polar surface area (TPSA) is 68.0 Å². The molecule has 1 saturated heterocycles. The number of nitrogens with zero attached hydrogens (tertiary/aromatic N) is 3. The number of oxazole rings is 1. The molecule has 0 radical (unpaired) electrons. The molecule has 0 spiro atoms. The van der Waals surface area contributed by atoms with Crippen LogP contribution < -0.4 is 9.47 Å². The van der Waals surface area contributed by atoms with E-state index in [0.29, 0.717) is 28.9 Å². The van der Waals surface area contributed by atoms with Gasteiger partial charge in [0.15, 0.2) is 11.5 Å². The smallest absolute Gasteiger partial charge is 0.232 e. The first kappa shape index (κ1) is 22.5. The molecule has 1 aliphatic rings. The Bertz CT molecular complexity index is 847. The molecule has 0 N–H and O–H groups in total. The molecule has 0 saturated carbocycles. The molecule has 2 heterocycles. The summed E-state index contributed by atoms with van der Waals surface area (Å²) in [6.07, 6.45) is 1.16. The van der Waals surface area contributed by atoms with Crippen LogP contribution in [0.1, 0.15) is 24.8 Å². The predicted octanol–water partition coefficient (Wildman–Crippen LogP) is 3.45. The molecule has 8 heteroatoms.